The largest absolute Gasteiger partial charge is 0.466 e. The van der Waals surface area contributed by atoms with Gasteiger partial charge in [-0.2, -0.15) is 0 Å². The summed E-state index contributed by atoms with van der Waals surface area (Å²) < 4.78 is 4.92. The SMILES string of the molecule is CCOC(=O)CC(C)N[C@H](C)c1ccccc1Cl. The molecule has 2 atom stereocenters. The van der Waals surface area contributed by atoms with Crippen LogP contribution < -0.4 is 5.32 Å². The minimum absolute atomic E-state index is 0.0512. The summed E-state index contributed by atoms with van der Waals surface area (Å²) in [7, 11) is 0. The molecule has 0 amide bonds. The van der Waals surface area contributed by atoms with Crippen LogP contribution >= 0.6 is 11.6 Å². The Hall–Kier alpha value is -1.06. The average Bonchev–Trinajstić information content (AvgIpc) is 2.29. The number of carbonyl (C=O) groups excluding carboxylic acids is 1. The van der Waals surface area contributed by atoms with Crippen molar-refractivity contribution in [3.05, 3.63) is 34.9 Å². The molecule has 0 radical (unpaired) electrons. The summed E-state index contributed by atoms with van der Waals surface area (Å²) >= 11 is 6.13. The van der Waals surface area contributed by atoms with E-state index in [1.54, 1.807) is 0 Å². The van der Waals surface area contributed by atoms with E-state index >= 15 is 0 Å². The van der Waals surface area contributed by atoms with Crippen LogP contribution in [0.2, 0.25) is 5.02 Å². The lowest BCUT2D eigenvalue weighted by molar-refractivity contribution is -0.143. The molecule has 0 aliphatic heterocycles. The summed E-state index contributed by atoms with van der Waals surface area (Å²) in [6.45, 7) is 6.22. The molecule has 0 fully saturated rings. The highest BCUT2D eigenvalue weighted by atomic mass is 35.5. The minimum Gasteiger partial charge on any atom is -0.466 e. The molecule has 1 aromatic rings. The van der Waals surface area contributed by atoms with Gasteiger partial charge in [0, 0.05) is 17.1 Å². The van der Waals surface area contributed by atoms with Crippen molar-refractivity contribution < 1.29 is 9.53 Å². The molecule has 0 heterocycles. The average molecular weight is 270 g/mol. The predicted octanol–water partition coefficient (Wildman–Crippen LogP) is 3.33. The molecule has 18 heavy (non-hydrogen) atoms. The third-order valence-electron chi connectivity index (χ3n) is 2.68. The summed E-state index contributed by atoms with van der Waals surface area (Å²) in [5.74, 6) is -0.177. The number of carbonyl (C=O) groups is 1. The third-order valence-corrected chi connectivity index (χ3v) is 3.03. The van der Waals surface area contributed by atoms with Crippen molar-refractivity contribution in [1.82, 2.24) is 5.32 Å². The topological polar surface area (TPSA) is 38.3 Å². The molecular weight excluding hydrogens is 250 g/mol. The van der Waals surface area contributed by atoms with Crippen LogP contribution in [0.5, 0.6) is 0 Å². The van der Waals surface area contributed by atoms with Gasteiger partial charge in [-0.3, -0.25) is 4.79 Å². The number of nitrogens with one attached hydrogen (secondary N) is 1. The quantitative estimate of drug-likeness (QED) is 0.805. The lowest BCUT2D eigenvalue weighted by Crippen LogP contribution is -2.31. The van der Waals surface area contributed by atoms with E-state index in [4.69, 9.17) is 16.3 Å². The highest BCUT2D eigenvalue weighted by Crippen LogP contribution is 2.22. The molecular formula is C14H20ClNO2. The number of halogens is 1. The second kappa shape index (κ2) is 7.39. The number of hydrogen-bond acceptors (Lipinski definition) is 3. The van der Waals surface area contributed by atoms with Crippen molar-refractivity contribution >= 4 is 17.6 Å². The highest BCUT2D eigenvalue weighted by molar-refractivity contribution is 6.31. The van der Waals surface area contributed by atoms with Crippen molar-refractivity contribution in [2.45, 2.75) is 39.3 Å². The number of benzene rings is 1. The van der Waals surface area contributed by atoms with E-state index < -0.39 is 0 Å². The first-order chi connectivity index (χ1) is 8.54. The zero-order chi connectivity index (χ0) is 13.5. The van der Waals surface area contributed by atoms with E-state index in [0.29, 0.717) is 13.0 Å². The van der Waals surface area contributed by atoms with Crippen LogP contribution in [-0.4, -0.2) is 18.6 Å². The molecule has 1 unspecified atom stereocenters. The Kier molecular flexibility index (Phi) is 6.16. The fourth-order valence-electron chi connectivity index (χ4n) is 1.87. The molecule has 0 aliphatic carbocycles. The molecule has 1 rings (SSSR count). The van der Waals surface area contributed by atoms with E-state index in [2.05, 4.69) is 5.32 Å². The van der Waals surface area contributed by atoms with Gasteiger partial charge in [0.25, 0.3) is 0 Å². The fraction of sp³-hybridized carbons (Fsp3) is 0.500. The van der Waals surface area contributed by atoms with Crippen molar-refractivity contribution in [2.75, 3.05) is 6.61 Å². The first-order valence-electron chi connectivity index (χ1n) is 6.20. The van der Waals surface area contributed by atoms with Crippen molar-refractivity contribution in [3.8, 4) is 0 Å². The summed E-state index contributed by atoms with van der Waals surface area (Å²) in [5.41, 5.74) is 1.04. The van der Waals surface area contributed by atoms with Crippen LogP contribution in [0.25, 0.3) is 0 Å². The Morgan fingerprint density at radius 2 is 2.06 bits per heavy atom. The van der Waals surface area contributed by atoms with Crippen LogP contribution in [0.15, 0.2) is 24.3 Å². The maximum atomic E-state index is 11.4. The summed E-state index contributed by atoms with van der Waals surface area (Å²) in [5, 5.41) is 4.08. The van der Waals surface area contributed by atoms with E-state index in [-0.39, 0.29) is 18.1 Å². The first-order valence-corrected chi connectivity index (χ1v) is 6.58. The molecule has 0 saturated carbocycles. The van der Waals surface area contributed by atoms with Gasteiger partial charge in [0.1, 0.15) is 0 Å². The van der Waals surface area contributed by atoms with E-state index in [9.17, 15) is 4.79 Å². The lowest BCUT2D eigenvalue weighted by Gasteiger charge is -2.20. The molecule has 0 spiro atoms. The van der Waals surface area contributed by atoms with Gasteiger partial charge in [0.15, 0.2) is 0 Å². The van der Waals surface area contributed by atoms with Crippen molar-refractivity contribution in [3.63, 3.8) is 0 Å². The molecule has 4 heteroatoms. The van der Waals surface area contributed by atoms with Gasteiger partial charge in [-0.1, -0.05) is 29.8 Å². The predicted molar refractivity (Wildman–Crippen MR) is 73.7 cm³/mol. The summed E-state index contributed by atoms with van der Waals surface area (Å²) in [6, 6.07) is 7.86. The number of hydrogen-bond donors (Lipinski definition) is 1. The Bertz CT molecular complexity index is 395. The van der Waals surface area contributed by atoms with Gasteiger partial charge in [0.05, 0.1) is 13.0 Å². The monoisotopic (exact) mass is 269 g/mol. The number of esters is 1. The zero-order valence-corrected chi connectivity index (χ0v) is 11.8. The van der Waals surface area contributed by atoms with Crippen LogP contribution in [0, 0.1) is 0 Å². The van der Waals surface area contributed by atoms with E-state index in [1.807, 2.05) is 45.0 Å². The molecule has 0 bridgehead atoms. The van der Waals surface area contributed by atoms with E-state index in [1.165, 1.54) is 0 Å². The zero-order valence-electron chi connectivity index (χ0n) is 11.1. The van der Waals surface area contributed by atoms with Gasteiger partial charge in [0.2, 0.25) is 0 Å². The van der Waals surface area contributed by atoms with Gasteiger partial charge in [-0.25, -0.2) is 0 Å². The maximum absolute atomic E-state index is 11.4. The summed E-state index contributed by atoms with van der Waals surface area (Å²) in [6.07, 6.45) is 0.364. The highest BCUT2D eigenvalue weighted by Gasteiger charge is 2.14. The van der Waals surface area contributed by atoms with Gasteiger partial charge < -0.3 is 10.1 Å². The molecule has 100 valence electrons. The molecule has 0 saturated heterocycles. The smallest absolute Gasteiger partial charge is 0.307 e. The van der Waals surface area contributed by atoms with Crippen LogP contribution in [0.3, 0.4) is 0 Å². The lowest BCUT2D eigenvalue weighted by atomic mass is 10.1. The third kappa shape index (κ3) is 4.67. The Balaban J connectivity index is 2.52. The standard InChI is InChI=1S/C14H20ClNO2/c1-4-18-14(17)9-10(2)16-11(3)12-7-5-6-8-13(12)15/h5-8,10-11,16H,4,9H2,1-3H3/t10?,11-/m1/s1. The fourth-order valence-corrected chi connectivity index (χ4v) is 2.17. The van der Waals surface area contributed by atoms with Crippen molar-refractivity contribution in [2.24, 2.45) is 0 Å². The Morgan fingerprint density at radius 1 is 1.39 bits per heavy atom. The van der Waals surface area contributed by atoms with Gasteiger partial charge in [-0.05, 0) is 32.4 Å². The molecule has 0 aliphatic rings. The van der Waals surface area contributed by atoms with Crippen LogP contribution in [0.1, 0.15) is 38.8 Å². The first kappa shape index (κ1) is 15.0. The van der Waals surface area contributed by atoms with Crippen molar-refractivity contribution in [1.29, 1.82) is 0 Å². The number of rotatable bonds is 6. The molecule has 3 nitrogen and oxygen atoms in total. The second-order valence-corrected chi connectivity index (χ2v) is 4.73. The van der Waals surface area contributed by atoms with Crippen LogP contribution in [-0.2, 0) is 9.53 Å². The molecule has 1 N–H and O–H groups in total. The van der Waals surface area contributed by atoms with Gasteiger partial charge in [-0.15, -0.1) is 0 Å². The molecule has 1 aromatic carbocycles. The summed E-state index contributed by atoms with van der Waals surface area (Å²) in [4.78, 5) is 11.4. The Morgan fingerprint density at radius 3 is 2.67 bits per heavy atom. The Labute approximate surface area is 113 Å². The van der Waals surface area contributed by atoms with Crippen LogP contribution in [0.4, 0.5) is 0 Å². The van der Waals surface area contributed by atoms with E-state index in [0.717, 1.165) is 10.6 Å². The minimum atomic E-state index is -0.177. The molecule has 0 aromatic heterocycles. The normalized spacial score (nSPS) is 14.0. The van der Waals surface area contributed by atoms with Gasteiger partial charge >= 0.3 is 5.97 Å². The second-order valence-electron chi connectivity index (χ2n) is 4.32. The number of ether oxygens (including phenoxy) is 1. The maximum Gasteiger partial charge on any atom is 0.307 e.